The van der Waals surface area contributed by atoms with Crippen LogP contribution >= 0.6 is 11.8 Å². The number of nitrogens with one attached hydrogen (secondary N) is 5. The average molecular weight is 744 g/mol. The first-order valence-electron chi connectivity index (χ1n) is 17.5. The van der Waals surface area contributed by atoms with E-state index >= 15 is 0 Å². The summed E-state index contributed by atoms with van der Waals surface area (Å²) in [4.78, 5) is 75.6. The van der Waals surface area contributed by atoms with Gasteiger partial charge in [0.1, 0.15) is 0 Å². The predicted octanol–water partition coefficient (Wildman–Crippen LogP) is -0.755. The number of imide groups is 1. The molecule has 0 spiro atoms. The zero-order valence-corrected chi connectivity index (χ0v) is 31.6. The van der Waals surface area contributed by atoms with Crippen molar-refractivity contribution in [3.8, 4) is 0 Å². The highest BCUT2D eigenvalue weighted by atomic mass is 32.2. The van der Waals surface area contributed by atoms with Crippen molar-refractivity contribution < 1.29 is 38.2 Å². The largest absolute Gasteiger partial charge is 0.388 e. The topological polar surface area (TPSA) is 274 Å². The fourth-order valence-corrected chi connectivity index (χ4v) is 6.09. The predicted molar refractivity (Wildman–Crippen MR) is 196 cm³/mol. The maximum Gasteiger partial charge on any atom is 0.242 e. The van der Waals surface area contributed by atoms with Gasteiger partial charge in [-0.2, -0.15) is 0 Å². The molecule has 17 nitrogen and oxygen atoms in total. The normalized spacial score (nSPS) is 15.5. The van der Waals surface area contributed by atoms with Crippen LogP contribution in [0, 0.1) is 5.41 Å². The van der Waals surface area contributed by atoms with Crippen molar-refractivity contribution in [3.05, 3.63) is 0 Å². The number of amides is 5. The number of hydrogen-bond donors (Lipinski definition) is 8. The summed E-state index contributed by atoms with van der Waals surface area (Å²) in [5.74, 6) is -1.36. The van der Waals surface area contributed by atoms with E-state index in [2.05, 4.69) is 21.3 Å². The van der Waals surface area contributed by atoms with E-state index in [1.54, 1.807) is 13.8 Å². The van der Waals surface area contributed by atoms with Crippen LogP contribution in [-0.4, -0.2) is 127 Å². The molecule has 1 fully saturated rings. The van der Waals surface area contributed by atoms with Gasteiger partial charge in [0.15, 0.2) is 5.78 Å². The molecule has 1 aliphatic rings. The van der Waals surface area contributed by atoms with Crippen molar-refractivity contribution in [2.45, 2.75) is 108 Å². The number of likely N-dealkylation sites (tertiary alicyclic amines) is 1. The smallest absolute Gasteiger partial charge is 0.242 e. The molecule has 18 heteroatoms. The van der Waals surface area contributed by atoms with E-state index < -0.39 is 28.4 Å². The number of rotatable bonds is 30. The van der Waals surface area contributed by atoms with Crippen molar-refractivity contribution in [2.24, 2.45) is 17.2 Å². The number of ketones is 1. The zero-order valence-electron chi connectivity index (χ0n) is 30.7. The summed E-state index contributed by atoms with van der Waals surface area (Å²) in [7, 11) is 0. The number of hydrogen-bond acceptors (Lipinski definition) is 13. The summed E-state index contributed by atoms with van der Waals surface area (Å²) >= 11 is 1.37. The molecule has 1 heterocycles. The van der Waals surface area contributed by atoms with Crippen LogP contribution < -0.4 is 38.5 Å². The highest BCUT2D eigenvalue weighted by molar-refractivity contribution is 8.00. The Hall–Kier alpha value is -3.16. The molecular weight excluding hydrogens is 682 g/mol. The molecule has 2 atom stereocenters. The molecule has 0 radical (unpaired) electrons. The van der Waals surface area contributed by atoms with Crippen molar-refractivity contribution >= 4 is 52.9 Å². The number of amidine groups is 1. The Morgan fingerprint density at radius 3 is 2.14 bits per heavy atom. The number of nitrogens with two attached hydrogens (primary N) is 3. The monoisotopic (exact) mass is 743 g/mol. The van der Waals surface area contributed by atoms with Crippen molar-refractivity contribution in [1.82, 2.24) is 26.2 Å². The van der Waals surface area contributed by atoms with Crippen LogP contribution in [0.3, 0.4) is 0 Å². The van der Waals surface area contributed by atoms with Crippen LogP contribution in [0.15, 0.2) is 0 Å². The van der Waals surface area contributed by atoms with E-state index in [0.29, 0.717) is 83.9 Å². The maximum absolute atomic E-state index is 12.9. The van der Waals surface area contributed by atoms with Gasteiger partial charge in [0.25, 0.3) is 0 Å². The van der Waals surface area contributed by atoms with E-state index in [9.17, 15) is 28.8 Å². The molecule has 2 unspecified atom stereocenters. The lowest BCUT2D eigenvalue weighted by Gasteiger charge is -2.29. The molecule has 0 aromatic heterocycles. The molecule has 0 aromatic carbocycles. The van der Waals surface area contributed by atoms with Gasteiger partial charge in [-0.1, -0.05) is 0 Å². The van der Waals surface area contributed by atoms with Crippen LogP contribution in [0.5, 0.6) is 0 Å². The van der Waals surface area contributed by atoms with E-state index in [1.165, 1.54) is 11.8 Å². The van der Waals surface area contributed by atoms with Gasteiger partial charge in [0, 0.05) is 58.3 Å². The number of primary amides is 1. The molecule has 11 N–H and O–H groups in total. The van der Waals surface area contributed by atoms with Gasteiger partial charge in [-0.25, -0.2) is 0 Å². The SMILES string of the molecule is CC(C)(N)NCCOCCOCCNC(=O)CCC(=O)C(C)(C)NC(CCCCNC(=O)CCN1C(=O)CC(SCCCC(=N)N)C1=O)C(N)=O. The van der Waals surface area contributed by atoms with Gasteiger partial charge in [0.05, 0.1) is 54.8 Å². The second-order valence-corrected chi connectivity index (χ2v) is 14.9. The number of carbonyl (C=O) groups excluding carboxylic acids is 6. The lowest BCUT2D eigenvalue weighted by Crippen LogP contribution is -2.55. The summed E-state index contributed by atoms with van der Waals surface area (Å²) in [5.41, 5.74) is 15.2. The Morgan fingerprint density at radius 1 is 0.882 bits per heavy atom. The molecule has 292 valence electrons. The molecule has 1 saturated heterocycles. The number of thioether (sulfide) groups is 1. The zero-order chi connectivity index (χ0) is 38.5. The molecule has 1 rings (SSSR count). The van der Waals surface area contributed by atoms with Gasteiger partial charge < -0.3 is 37.3 Å². The third kappa shape index (κ3) is 21.1. The second kappa shape index (κ2) is 24.2. The minimum Gasteiger partial charge on any atom is -0.388 e. The standard InChI is InChI=1S/C33H61N9O8S/c1-32(2,25(43)10-11-27(44)39-14-17-49-19-20-50-18-15-40-33(3,4)37)41-23(30(36)47)8-5-6-13-38-28(45)12-16-42-29(46)22-24(31(42)48)51-21-7-9-26(34)35/h23-24,40-41H,5-22,37H2,1-4H3,(H3,34,35)(H2,36,47)(H,38,45)(H,39,44). The first-order chi connectivity index (χ1) is 23.9. The van der Waals surface area contributed by atoms with E-state index in [4.69, 9.17) is 32.1 Å². The third-order valence-electron chi connectivity index (χ3n) is 7.84. The maximum atomic E-state index is 12.9. The Morgan fingerprint density at radius 2 is 1.51 bits per heavy atom. The van der Waals surface area contributed by atoms with E-state index in [-0.39, 0.29) is 67.5 Å². The lowest BCUT2D eigenvalue weighted by atomic mass is 9.93. The molecule has 1 aliphatic heterocycles. The molecule has 0 saturated carbocycles. The van der Waals surface area contributed by atoms with Crippen LogP contribution in [-0.2, 0) is 38.2 Å². The van der Waals surface area contributed by atoms with Crippen LogP contribution in [0.1, 0.15) is 85.5 Å². The van der Waals surface area contributed by atoms with E-state index in [0.717, 1.165) is 4.90 Å². The summed E-state index contributed by atoms with van der Waals surface area (Å²) in [6.45, 7) is 9.86. The number of ether oxygens (including phenoxy) is 2. The van der Waals surface area contributed by atoms with E-state index in [1.807, 2.05) is 13.8 Å². The summed E-state index contributed by atoms with van der Waals surface area (Å²) in [6, 6.07) is -0.793. The summed E-state index contributed by atoms with van der Waals surface area (Å²) in [5, 5.41) is 18.4. The molecule has 5 amide bonds. The highest BCUT2D eigenvalue weighted by Crippen LogP contribution is 2.26. The van der Waals surface area contributed by atoms with Crippen molar-refractivity contribution in [2.75, 3.05) is 58.4 Å². The lowest BCUT2D eigenvalue weighted by molar-refractivity contribution is -0.138. The van der Waals surface area contributed by atoms with Gasteiger partial charge >= 0.3 is 0 Å². The first kappa shape index (κ1) is 45.9. The average Bonchev–Trinajstić information content (AvgIpc) is 3.31. The fourth-order valence-electron chi connectivity index (χ4n) is 4.97. The second-order valence-electron chi connectivity index (χ2n) is 13.5. The van der Waals surface area contributed by atoms with Crippen LogP contribution in [0.25, 0.3) is 0 Å². The molecule has 0 aromatic rings. The highest BCUT2D eigenvalue weighted by Gasteiger charge is 2.38. The number of unbranched alkanes of at least 4 members (excludes halogenated alkanes) is 1. The quantitative estimate of drug-likeness (QED) is 0.0148. The Balaban J connectivity index is 2.25. The number of nitrogens with zero attached hydrogens (tertiary/aromatic N) is 1. The Kier molecular flexibility index (Phi) is 21.7. The van der Waals surface area contributed by atoms with Gasteiger partial charge in [-0.3, -0.25) is 49.7 Å². The van der Waals surface area contributed by atoms with Crippen LogP contribution in [0.2, 0.25) is 0 Å². The van der Waals surface area contributed by atoms with Crippen LogP contribution in [0.4, 0.5) is 0 Å². The minimum atomic E-state index is -1.11. The first-order valence-corrected chi connectivity index (χ1v) is 18.6. The van der Waals surface area contributed by atoms with Crippen molar-refractivity contribution in [1.29, 1.82) is 5.41 Å². The Bertz CT molecular complexity index is 1170. The van der Waals surface area contributed by atoms with Gasteiger partial charge in [-0.15, -0.1) is 11.8 Å². The fraction of sp³-hybridized carbons (Fsp3) is 0.788. The van der Waals surface area contributed by atoms with Gasteiger partial charge in [-0.05, 0) is 59.1 Å². The molecule has 51 heavy (non-hydrogen) atoms. The molecule has 0 bridgehead atoms. The Labute approximate surface area is 305 Å². The third-order valence-corrected chi connectivity index (χ3v) is 9.13. The summed E-state index contributed by atoms with van der Waals surface area (Å²) in [6.07, 6.45) is 2.52. The number of Topliss-reactive ketones (excluding diaryl/α,β-unsaturated/α-hetero) is 1. The summed E-state index contributed by atoms with van der Waals surface area (Å²) < 4.78 is 10.9. The minimum absolute atomic E-state index is 0.00458. The molecular formula is C33H61N9O8S. The molecule has 0 aliphatic carbocycles. The van der Waals surface area contributed by atoms with Gasteiger partial charge in [0.2, 0.25) is 29.5 Å². The van der Waals surface area contributed by atoms with Crippen molar-refractivity contribution in [3.63, 3.8) is 0 Å². The number of carbonyl (C=O) groups is 6.